The number of amides is 1. The lowest BCUT2D eigenvalue weighted by Crippen LogP contribution is -2.24. The second kappa shape index (κ2) is 7.65. The molecule has 22 heavy (non-hydrogen) atoms. The van der Waals surface area contributed by atoms with Gasteiger partial charge in [0.05, 0.1) is 6.21 Å². The molecule has 7 heteroatoms. The van der Waals surface area contributed by atoms with Gasteiger partial charge in [0.15, 0.2) is 18.2 Å². The number of rotatable bonds is 5. The molecule has 0 radical (unpaired) electrons. The fourth-order valence-corrected chi connectivity index (χ4v) is 1.75. The summed E-state index contributed by atoms with van der Waals surface area (Å²) in [5.41, 5.74) is 2.55. The fourth-order valence-electron chi connectivity index (χ4n) is 1.48. The molecule has 0 aromatic heterocycles. The van der Waals surface area contributed by atoms with Crippen LogP contribution in [-0.2, 0) is 4.79 Å². The molecular formula is C15H11BrF2N2O2. The van der Waals surface area contributed by atoms with Crippen molar-refractivity contribution in [3.05, 3.63) is 64.1 Å². The first kappa shape index (κ1) is 16.1. The highest BCUT2D eigenvalue weighted by atomic mass is 79.9. The molecule has 0 saturated carbocycles. The number of hydrogen-bond donors (Lipinski definition) is 1. The Morgan fingerprint density at radius 3 is 2.59 bits per heavy atom. The van der Waals surface area contributed by atoms with E-state index in [1.54, 1.807) is 24.3 Å². The molecule has 1 N–H and O–H groups in total. The van der Waals surface area contributed by atoms with Gasteiger partial charge in [0, 0.05) is 4.47 Å². The first-order chi connectivity index (χ1) is 10.5. The molecule has 4 nitrogen and oxygen atoms in total. The third kappa shape index (κ3) is 4.92. The van der Waals surface area contributed by atoms with E-state index >= 15 is 0 Å². The standard InChI is InChI=1S/C15H11BrF2N2O2/c16-11-2-4-12(5-3-11)22-9-15(21)20-19-8-10-1-6-13(17)14(18)7-10/h1-8H,9H2,(H,20,21)/b19-8-. The molecule has 0 aliphatic carbocycles. The number of halogens is 3. The molecule has 2 aromatic carbocycles. The van der Waals surface area contributed by atoms with E-state index < -0.39 is 17.5 Å². The van der Waals surface area contributed by atoms with E-state index in [4.69, 9.17) is 4.74 Å². The summed E-state index contributed by atoms with van der Waals surface area (Å²) < 4.78 is 31.8. The van der Waals surface area contributed by atoms with Gasteiger partial charge in [-0.1, -0.05) is 22.0 Å². The van der Waals surface area contributed by atoms with Crippen molar-refractivity contribution in [2.75, 3.05) is 6.61 Å². The zero-order valence-corrected chi connectivity index (χ0v) is 12.8. The second-order valence-corrected chi connectivity index (χ2v) is 5.12. The van der Waals surface area contributed by atoms with Crippen LogP contribution in [-0.4, -0.2) is 18.7 Å². The minimum absolute atomic E-state index is 0.212. The van der Waals surface area contributed by atoms with Crippen molar-refractivity contribution in [3.63, 3.8) is 0 Å². The average Bonchev–Trinajstić information content (AvgIpc) is 2.50. The summed E-state index contributed by atoms with van der Waals surface area (Å²) in [6, 6.07) is 10.3. The average molecular weight is 369 g/mol. The minimum Gasteiger partial charge on any atom is -0.484 e. The topological polar surface area (TPSA) is 50.7 Å². The molecule has 0 atom stereocenters. The monoisotopic (exact) mass is 368 g/mol. The minimum atomic E-state index is -0.978. The van der Waals surface area contributed by atoms with Crippen LogP contribution in [0.15, 0.2) is 52.0 Å². The van der Waals surface area contributed by atoms with Crippen LogP contribution in [0.5, 0.6) is 5.75 Å². The summed E-state index contributed by atoms with van der Waals surface area (Å²) in [6.45, 7) is -0.212. The molecule has 0 bridgehead atoms. The molecule has 0 aliphatic heterocycles. The quantitative estimate of drug-likeness (QED) is 0.650. The van der Waals surface area contributed by atoms with E-state index in [0.717, 1.165) is 16.6 Å². The summed E-state index contributed by atoms with van der Waals surface area (Å²) >= 11 is 3.29. The van der Waals surface area contributed by atoms with Crippen LogP contribution in [0.4, 0.5) is 8.78 Å². The third-order valence-corrected chi connectivity index (χ3v) is 3.06. The Hall–Kier alpha value is -2.28. The van der Waals surface area contributed by atoms with Crippen LogP contribution in [0.1, 0.15) is 5.56 Å². The molecule has 2 aromatic rings. The lowest BCUT2D eigenvalue weighted by Gasteiger charge is -2.04. The Labute approximate surface area is 133 Å². The van der Waals surface area contributed by atoms with Gasteiger partial charge in [0.2, 0.25) is 0 Å². The zero-order chi connectivity index (χ0) is 15.9. The number of carbonyl (C=O) groups excluding carboxylic acids is 1. The van der Waals surface area contributed by atoms with Crippen molar-refractivity contribution in [3.8, 4) is 5.75 Å². The van der Waals surface area contributed by atoms with E-state index in [1.165, 1.54) is 12.3 Å². The highest BCUT2D eigenvalue weighted by Crippen LogP contribution is 2.15. The lowest BCUT2D eigenvalue weighted by molar-refractivity contribution is -0.123. The summed E-state index contributed by atoms with van der Waals surface area (Å²) in [7, 11) is 0. The fraction of sp³-hybridized carbons (Fsp3) is 0.0667. The number of carbonyl (C=O) groups is 1. The van der Waals surface area contributed by atoms with Gasteiger partial charge in [-0.2, -0.15) is 5.10 Å². The van der Waals surface area contributed by atoms with Gasteiger partial charge in [-0.05, 0) is 42.0 Å². The van der Waals surface area contributed by atoms with Crippen LogP contribution < -0.4 is 10.2 Å². The molecular weight excluding hydrogens is 358 g/mol. The maximum Gasteiger partial charge on any atom is 0.277 e. The van der Waals surface area contributed by atoms with Gasteiger partial charge in [-0.3, -0.25) is 4.79 Å². The highest BCUT2D eigenvalue weighted by Gasteiger charge is 2.02. The Bertz CT molecular complexity index is 690. The molecule has 0 unspecified atom stereocenters. The van der Waals surface area contributed by atoms with Gasteiger partial charge < -0.3 is 4.74 Å². The Balaban J connectivity index is 1.80. The highest BCUT2D eigenvalue weighted by molar-refractivity contribution is 9.10. The normalized spacial score (nSPS) is 10.7. The van der Waals surface area contributed by atoms with Crippen molar-refractivity contribution in [2.24, 2.45) is 5.10 Å². The number of nitrogens with zero attached hydrogens (tertiary/aromatic N) is 1. The molecule has 0 heterocycles. The van der Waals surface area contributed by atoms with Crippen LogP contribution in [0.3, 0.4) is 0 Å². The molecule has 114 valence electrons. The van der Waals surface area contributed by atoms with Gasteiger partial charge in [-0.15, -0.1) is 0 Å². The van der Waals surface area contributed by atoms with Crippen LogP contribution in [0.25, 0.3) is 0 Å². The smallest absolute Gasteiger partial charge is 0.277 e. The van der Waals surface area contributed by atoms with Gasteiger partial charge >= 0.3 is 0 Å². The molecule has 0 spiro atoms. The van der Waals surface area contributed by atoms with Gasteiger partial charge in [0.1, 0.15) is 5.75 Å². The number of nitrogens with one attached hydrogen (secondary N) is 1. The Morgan fingerprint density at radius 1 is 1.18 bits per heavy atom. The summed E-state index contributed by atoms with van der Waals surface area (Å²) in [4.78, 5) is 11.5. The number of hydrogen-bond acceptors (Lipinski definition) is 3. The molecule has 0 saturated heterocycles. The third-order valence-electron chi connectivity index (χ3n) is 2.53. The number of benzene rings is 2. The molecule has 2 rings (SSSR count). The molecule has 0 aliphatic rings. The number of ether oxygens (including phenoxy) is 1. The number of hydrazone groups is 1. The first-order valence-electron chi connectivity index (χ1n) is 6.20. The van der Waals surface area contributed by atoms with Crippen molar-refractivity contribution in [1.29, 1.82) is 0 Å². The van der Waals surface area contributed by atoms with Crippen LogP contribution >= 0.6 is 15.9 Å². The van der Waals surface area contributed by atoms with Crippen molar-refractivity contribution in [2.45, 2.75) is 0 Å². The van der Waals surface area contributed by atoms with Crippen LogP contribution in [0, 0.1) is 11.6 Å². The molecule has 0 fully saturated rings. The largest absolute Gasteiger partial charge is 0.484 e. The van der Waals surface area contributed by atoms with Crippen molar-refractivity contribution < 1.29 is 18.3 Å². The Morgan fingerprint density at radius 2 is 1.91 bits per heavy atom. The maximum atomic E-state index is 13.0. The summed E-state index contributed by atoms with van der Waals surface area (Å²) in [6.07, 6.45) is 1.21. The predicted octanol–water partition coefficient (Wildman–Crippen LogP) is 3.26. The predicted molar refractivity (Wildman–Crippen MR) is 81.7 cm³/mol. The van der Waals surface area contributed by atoms with Gasteiger partial charge in [-0.25, -0.2) is 14.2 Å². The molecule has 1 amide bonds. The van der Waals surface area contributed by atoms with Crippen molar-refractivity contribution >= 4 is 28.1 Å². The van der Waals surface area contributed by atoms with E-state index in [2.05, 4.69) is 26.5 Å². The van der Waals surface area contributed by atoms with E-state index in [-0.39, 0.29) is 6.61 Å². The SMILES string of the molecule is O=C(COc1ccc(Br)cc1)N/N=C\c1ccc(F)c(F)c1. The van der Waals surface area contributed by atoms with Crippen molar-refractivity contribution in [1.82, 2.24) is 5.43 Å². The zero-order valence-electron chi connectivity index (χ0n) is 11.2. The van der Waals surface area contributed by atoms with E-state index in [0.29, 0.717) is 11.3 Å². The Kier molecular flexibility index (Phi) is 5.60. The van der Waals surface area contributed by atoms with Gasteiger partial charge in [0.25, 0.3) is 5.91 Å². The lowest BCUT2D eigenvalue weighted by atomic mass is 10.2. The first-order valence-corrected chi connectivity index (χ1v) is 6.99. The summed E-state index contributed by atoms with van der Waals surface area (Å²) in [5.74, 6) is -1.84. The maximum absolute atomic E-state index is 13.0. The second-order valence-electron chi connectivity index (χ2n) is 4.21. The van der Waals surface area contributed by atoms with E-state index in [9.17, 15) is 13.6 Å². The van der Waals surface area contributed by atoms with E-state index in [1.807, 2.05) is 0 Å². The van der Waals surface area contributed by atoms with Crippen LogP contribution in [0.2, 0.25) is 0 Å². The summed E-state index contributed by atoms with van der Waals surface area (Å²) in [5, 5.41) is 3.64.